The Morgan fingerprint density at radius 1 is 1.43 bits per heavy atom. The van der Waals surface area contributed by atoms with E-state index < -0.39 is 5.97 Å². The zero-order valence-electron chi connectivity index (χ0n) is 12.2. The number of hydrogen-bond acceptors (Lipinski definition) is 6. The number of esters is 1. The molecule has 0 saturated carbocycles. The summed E-state index contributed by atoms with van der Waals surface area (Å²) in [5.41, 5.74) is 8.08. The van der Waals surface area contributed by atoms with Gasteiger partial charge < -0.3 is 25.7 Å². The minimum Gasteiger partial charge on any atom is -0.464 e. The lowest BCUT2D eigenvalue weighted by Gasteiger charge is -2.20. The molecule has 2 heterocycles. The molecule has 0 saturated heterocycles. The summed E-state index contributed by atoms with van der Waals surface area (Å²) in [5, 5.41) is 14.8. The lowest BCUT2D eigenvalue weighted by molar-refractivity contribution is -0.114. The zero-order chi connectivity index (χ0) is 16.6. The van der Waals surface area contributed by atoms with E-state index in [1.807, 2.05) is 6.07 Å². The Labute approximate surface area is 131 Å². The highest BCUT2D eigenvalue weighted by Gasteiger charge is 2.23. The number of nitrogens with two attached hydrogens (primary N) is 1. The molecule has 8 heteroatoms. The first-order chi connectivity index (χ1) is 11.0. The molecule has 3 rings (SSSR count). The van der Waals surface area contributed by atoms with Crippen LogP contribution in [0.4, 0.5) is 17.1 Å². The number of nitrogens with one attached hydrogen (secondary N) is 2. The fourth-order valence-corrected chi connectivity index (χ4v) is 2.43. The van der Waals surface area contributed by atoms with Crippen LogP contribution < -0.4 is 16.4 Å². The van der Waals surface area contributed by atoms with Gasteiger partial charge in [0.25, 0.3) is 0 Å². The molecule has 1 aliphatic heterocycles. The van der Waals surface area contributed by atoms with Crippen LogP contribution in [0.5, 0.6) is 0 Å². The number of methoxy groups -OCH3 is 1. The van der Waals surface area contributed by atoms with Crippen LogP contribution in [0.1, 0.15) is 16.1 Å². The molecule has 2 aromatic rings. The number of fused-ring (bicyclic) bond motifs is 1. The van der Waals surface area contributed by atoms with Crippen molar-refractivity contribution in [2.45, 2.75) is 0 Å². The van der Waals surface area contributed by atoms with E-state index in [2.05, 4.69) is 10.6 Å². The number of ether oxygens (including phenoxy) is 1. The Morgan fingerprint density at radius 2 is 2.22 bits per heavy atom. The minimum atomic E-state index is -0.649. The first kappa shape index (κ1) is 14.5. The number of carbonyl (C=O) groups is 2. The zero-order valence-corrected chi connectivity index (χ0v) is 12.2. The van der Waals surface area contributed by atoms with Crippen LogP contribution >= 0.6 is 0 Å². The number of aromatic nitrogens is 1. The predicted octanol–water partition coefficient (Wildman–Crippen LogP) is 1.08. The van der Waals surface area contributed by atoms with Crippen molar-refractivity contribution in [3.05, 3.63) is 35.7 Å². The van der Waals surface area contributed by atoms with Crippen molar-refractivity contribution < 1.29 is 14.3 Å². The van der Waals surface area contributed by atoms with Crippen LogP contribution in [0.25, 0.3) is 5.69 Å². The molecule has 0 fully saturated rings. The molecule has 0 radical (unpaired) electrons. The Bertz CT molecular complexity index is 863. The van der Waals surface area contributed by atoms with Crippen molar-refractivity contribution in [1.29, 1.82) is 5.26 Å². The maximum absolute atomic E-state index is 12.0. The standard InChI is InChI=1S/C15H13N5O3/c1-23-15(22)14-13(17)8(5-16)7-20(14)9-2-3-10-11(4-9)19-12(21)6-18-10/h2-4,7,18H,6,17H2,1H3,(H,19,21). The van der Waals surface area contributed by atoms with Crippen molar-refractivity contribution in [2.24, 2.45) is 0 Å². The number of nitriles is 1. The molecule has 23 heavy (non-hydrogen) atoms. The van der Waals surface area contributed by atoms with Gasteiger partial charge in [0.1, 0.15) is 6.07 Å². The van der Waals surface area contributed by atoms with E-state index in [9.17, 15) is 9.59 Å². The quantitative estimate of drug-likeness (QED) is 0.713. The molecule has 1 aromatic carbocycles. The topological polar surface area (TPSA) is 122 Å². The van der Waals surface area contributed by atoms with E-state index in [1.54, 1.807) is 18.2 Å². The highest BCUT2D eigenvalue weighted by atomic mass is 16.5. The van der Waals surface area contributed by atoms with Gasteiger partial charge >= 0.3 is 5.97 Å². The average Bonchev–Trinajstić information content (AvgIpc) is 2.90. The number of hydrogen-bond donors (Lipinski definition) is 3. The van der Waals surface area contributed by atoms with Crippen LogP contribution in [0.3, 0.4) is 0 Å². The molecular weight excluding hydrogens is 298 g/mol. The monoisotopic (exact) mass is 311 g/mol. The van der Waals surface area contributed by atoms with Crippen molar-refractivity contribution in [3.63, 3.8) is 0 Å². The first-order valence-electron chi connectivity index (χ1n) is 6.72. The molecule has 1 aromatic heterocycles. The molecule has 0 bridgehead atoms. The largest absolute Gasteiger partial charge is 0.464 e. The summed E-state index contributed by atoms with van der Waals surface area (Å²) < 4.78 is 6.21. The second kappa shape index (κ2) is 5.38. The molecule has 8 nitrogen and oxygen atoms in total. The van der Waals surface area contributed by atoms with Gasteiger partial charge in [0.05, 0.1) is 36.3 Å². The summed E-state index contributed by atoms with van der Waals surface area (Å²) >= 11 is 0. The van der Waals surface area contributed by atoms with Crippen LogP contribution in [-0.2, 0) is 9.53 Å². The fraction of sp³-hybridized carbons (Fsp3) is 0.133. The highest BCUT2D eigenvalue weighted by molar-refractivity contribution is 6.01. The van der Waals surface area contributed by atoms with E-state index in [1.165, 1.54) is 17.9 Å². The molecule has 4 N–H and O–H groups in total. The van der Waals surface area contributed by atoms with Gasteiger partial charge in [0, 0.05) is 11.9 Å². The van der Waals surface area contributed by atoms with Crippen molar-refractivity contribution in [2.75, 3.05) is 30.0 Å². The number of benzene rings is 1. The van der Waals surface area contributed by atoms with E-state index in [4.69, 9.17) is 15.7 Å². The lowest BCUT2D eigenvalue weighted by Crippen LogP contribution is -2.27. The number of anilines is 3. The van der Waals surface area contributed by atoms with Crippen molar-refractivity contribution in [3.8, 4) is 11.8 Å². The van der Waals surface area contributed by atoms with Crippen molar-refractivity contribution in [1.82, 2.24) is 4.57 Å². The van der Waals surface area contributed by atoms with E-state index in [0.717, 1.165) is 5.69 Å². The third kappa shape index (κ3) is 2.34. The summed E-state index contributed by atoms with van der Waals surface area (Å²) in [6, 6.07) is 7.14. The fourth-order valence-electron chi connectivity index (χ4n) is 2.43. The van der Waals surface area contributed by atoms with Gasteiger partial charge in [-0.3, -0.25) is 4.79 Å². The summed E-state index contributed by atoms with van der Waals surface area (Å²) in [7, 11) is 1.24. The van der Waals surface area contributed by atoms with E-state index >= 15 is 0 Å². The van der Waals surface area contributed by atoms with Crippen LogP contribution in [0.2, 0.25) is 0 Å². The number of rotatable bonds is 2. The third-order valence-corrected chi connectivity index (χ3v) is 3.54. The van der Waals surface area contributed by atoms with Gasteiger partial charge in [-0.1, -0.05) is 0 Å². The molecular formula is C15H13N5O3. The Hall–Kier alpha value is -3.47. The van der Waals surface area contributed by atoms with E-state index in [-0.39, 0.29) is 29.4 Å². The van der Waals surface area contributed by atoms with Crippen LogP contribution in [0, 0.1) is 11.3 Å². The summed E-state index contributed by atoms with van der Waals surface area (Å²) in [6.07, 6.45) is 1.46. The maximum atomic E-state index is 12.0. The molecule has 1 aliphatic rings. The molecule has 1 amide bonds. The Balaban J connectivity index is 2.16. The molecule has 0 spiro atoms. The van der Waals surface area contributed by atoms with Crippen molar-refractivity contribution >= 4 is 28.9 Å². The SMILES string of the molecule is COC(=O)c1c(N)c(C#N)cn1-c1ccc2c(c1)NC(=O)CN2. The molecule has 0 atom stereocenters. The van der Waals surface area contributed by atoms with E-state index in [0.29, 0.717) is 11.4 Å². The molecule has 116 valence electrons. The summed E-state index contributed by atoms with van der Waals surface area (Å²) in [5.74, 6) is -0.809. The second-order valence-electron chi connectivity index (χ2n) is 4.91. The summed E-state index contributed by atoms with van der Waals surface area (Å²) in [6.45, 7) is 0.203. The smallest absolute Gasteiger partial charge is 0.357 e. The van der Waals surface area contributed by atoms with Crippen LogP contribution in [-0.4, -0.2) is 30.1 Å². The van der Waals surface area contributed by atoms with Gasteiger partial charge in [-0.15, -0.1) is 0 Å². The molecule has 0 aliphatic carbocycles. The second-order valence-corrected chi connectivity index (χ2v) is 4.91. The number of nitrogen functional groups attached to an aromatic ring is 1. The minimum absolute atomic E-state index is 0.0548. The van der Waals surface area contributed by atoms with Gasteiger partial charge in [0.15, 0.2) is 5.69 Å². The average molecular weight is 311 g/mol. The van der Waals surface area contributed by atoms with Gasteiger partial charge in [-0.05, 0) is 18.2 Å². The predicted molar refractivity (Wildman–Crippen MR) is 83.4 cm³/mol. The molecule has 0 unspecified atom stereocenters. The normalized spacial score (nSPS) is 12.6. The van der Waals surface area contributed by atoms with Gasteiger partial charge in [-0.25, -0.2) is 4.79 Å². The maximum Gasteiger partial charge on any atom is 0.357 e. The van der Waals surface area contributed by atoms with Gasteiger partial charge in [0.2, 0.25) is 5.91 Å². The Morgan fingerprint density at radius 3 is 2.91 bits per heavy atom. The first-order valence-corrected chi connectivity index (χ1v) is 6.72. The number of amides is 1. The summed E-state index contributed by atoms with van der Waals surface area (Å²) in [4.78, 5) is 23.5. The third-order valence-electron chi connectivity index (χ3n) is 3.54. The number of carbonyl (C=O) groups excluding carboxylic acids is 2. The lowest BCUT2D eigenvalue weighted by atomic mass is 10.2. The van der Waals surface area contributed by atoms with Gasteiger partial charge in [-0.2, -0.15) is 5.26 Å². The number of nitrogens with zero attached hydrogens (tertiary/aromatic N) is 2. The van der Waals surface area contributed by atoms with Crippen LogP contribution in [0.15, 0.2) is 24.4 Å². The Kier molecular flexibility index (Phi) is 3.38. The highest BCUT2D eigenvalue weighted by Crippen LogP contribution is 2.30.